The number of aromatic hydroxyl groups is 2. The Bertz CT molecular complexity index is 328. The maximum atomic E-state index is 11.3. The van der Waals surface area contributed by atoms with E-state index in [1.54, 1.807) is 7.05 Å². The highest BCUT2D eigenvalue weighted by Gasteiger charge is 2.07. The lowest BCUT2D eigenvalue weighted by Gasteiger charge is -2.01. The van der Waals surface area contributed by atoms with Gasteiger partial charge in [0.2, 0.25) is 0 Å². The van der Waals surface area contributed by atoms with Crippen LogP contribution >= 0.6 is 0 Å². The van der Waals surface area contributed by atoms with E-state index in [1.807, 2.05) is 0 Å². The summed E-state index contributed by atoms with van der Waals surface area (Å²) in [5.41, 5.74) is 0.379. The molecule has 0 heterocycles. The molecule has 0 aliphatic carbocycles. The van der Waals surface area contributed by atoms with Gasteiger partial charge in [-0.15, -0.1) is 0 Å². The maximum absolute atomic E-state index is 11.3. The number of ketones is 1. The van der Waals surface area contributed by atoms with Crippen molar-refractivity contribution < 1.29 is 27.4 Å². The Balaban J connectivity index is 0.00000169. The Morgan fingerprint density at radius 2 is 2.00 bits per heavy atom. The third-order valence-corrected chi connectivity index (χ3v) is 1.63. The minimum atomic E-state index is -0.276. The van der Waals surface area contributed by atoms with Crippen LogP contribution in [0.3, 0.4) is 0 Å². The third kappa shape index (κ3) is 2.90. The number of Topliss-reactive ketones (excluding diaryl/α,β-unsaturated/α-hetero) is 1. The van der Waals surface area contributed by atoms with Crippen LogP contribution in [0.25, 0.3) is 0 Å². The molecule has 3 N–H and O–H groups in total. The molecule has 5 heteroatoms. The van der Waals surface area contributed by atoms with E-state index >= 15 is 0 Å². The van der Waals surface area contributed by atoms with E-state index in [0.29, 0.717) is 5.56 Å². The molecule has 0 aromatic heterocycles. The maximum Gasteiger partial charge on any atom is 0.176 e. The molecule has 0 atom stereocenters. The Labute approximate surface area is 88.0 Å². The van der Waals surface area contributed by atoms with Gasteiger partial charge < -0.3 is 27.9 Å². The molecule has 1 aromatic carbocycles. The van der Waals surface area contributed by atoms with Crippen molar-refractivity contribution in [2.24, 2.45) is 0 Å². The van der Waals surface area contributed by atoms with Gasteiger partial charge in [0.1, 0.15) is 0 Å². The number of hydrogen-bond donors (Lipinski definition) is 3. The van der Waals surface area contributed by atoms with Crippen molar-refractivity contribution >= 4 is 5.78 Å². The number of phenolic OH excluding ortho intramolecular Hbond substituents is 2. The van der Waals surface area contributed by atoms with Gasteiger partial charge in [-0.25, -0.2) is 0 Å². The first-order valence-corrected chi connectivity index (χ1v) is 3.85. The standard InChI is InChI=1S/C9H11NO3.ClH/c1-10-5-9(13)6-2-3-7(11)8(12)4-6;/h2-4,10-12H,5H2,1H3;1H/p-1. The minimum absolute atomic E-state index is 0. The quantitative estimate of drug-likeness (QED) is 0.386. The van der Waals surface area contributed by atoms with E-state index in [9.17, 15) is 4.79 Å². The molecule has 4 nitrogen and oxygen atoms in total. The topological polar surface area (TPSA) is 69.6 Å². The van der Waals surface area contributed by atoms with Crippen LogP contribution in [-0.4, -0.2) is 29.6 Å². The molecule has 0 saturated heterocycles. The number of benzene rings is 1. The van der Waals surface area contributed by atoms with Gasteiger partial charge in [-0.3, -0.25) is 4.79 Å². The second kappa shape index (κ2) is 5.47. The van der Waals surface area contributed by atoms with Gasteiger partial charge in [-0.05, 0) is 25.2 Å². The smallest absolute Gasteiger partial charge is 0.176 e. The molecule has 0 aliphatic rings. The Morgan fingerprint density at radius 1 is 1.36 bits per heavy atom. The number of likely N-dealkylation sites (N-methyl/N-ethyl adjacent to an activating group) is 1. The van der Waals surface area contributed by atoms with Crippen molar-refractivity contribution in [3.05, 3.63) is 23.8 Å². The number of phenols is 2. The molecule has 14 heavy (non-hydrogen) atoms. The summed E-state index contributed by atoms with van der Waals surface area (Å²) >= 11 is 0. The van der Waals surface area contributed by atoms with Gasteiger partial charge in [-0.2, -0.15) is 0 Å². The van der Waals surface area contributed by atoms with Crippen LogP contribution < -0.4 is 17.7 Å². The van der Waals surface area contributed by atoms with Crippen LogP contribution in [0.1, 0.15) is 10.4 Å². The highest BCUT2D eigenvalue weighted by molar-refractivity contribution is 5.98. The van der Waals surface area contributed by atoms with Gasteiger partial charge in [-0.1, -0.05) is 0 Å². The highest BCUT2D eigenvalue weighted by atomic mass is 35.5. The van der Waals surface area contributed by atoms with Crippen LogP contribution in [0.15, 0.2) is 18.2 Å². The van der Waals surface area contributed by atoms with E-state index in [1.165, 1.54) is 18.2 Å². The zero-order valence-electron chi connectivity index (χ0n) is 7.62. The van der Waals surface area contributed by atoms with Gasteiger partial charge in [0, 0.05) is 5.56 Å². The summed E-state index contributed by atoms with van der Waals surface area (Å²) in [6, 6.07) is 4.00. The van der Waals surface area contributed by atoms with Gasteiger partial charge in [0.05, 0.1) is 6.54 Å². The molecular formula is C9H11ClNO3-. The summed E-state index contributed by atoms with van der Waals surface area (Å²) in [6.45, 7) is 0.213. The predicted molar refractivity (Wildman–Crippen MR) is 48.0 cm³/mol. The van der Waals surface area contributed by atoms with Crippen LogP contribution in [0, 0.1) is 0 Å². The first kappa shape index (κ1) is 12.7. The number of nitrogens with one attached hydrogen (secondary N) is 1. The number of carbonyl (C=O) groups is 1. The Kier molecular flexibility index (Phi) is 4.97. The molecule has 1 aromatic rings. The molecule has 0 fully saturated rings. The van der Waals surface area contributed by atoms with Crippen molar-refractivity contribution in [2.45, 2.75) is 0 Å². The normalized spacial score (nSPS) is 9.21. The summed E-state index contributed by atoms with van der Waals surface area (Å²) in [5.74, 6) is -0.624. The van der Waals surface area contributed by atoms with Gasteiger partial charge in [0.25, 0.3) is 0 Å². The largest absolute Gasteiger partial charge is 1.00 e. The Hall–Kier alpha value is -1.26. The van der Waals surface area contributed by atoms with Crippen molar-refractivity contribution in [1.29, 1.82) is 0 Å². The summed E-state index contributed by atoms with van der Waals surface area (Å²) in [7, 11) is 1.66. The summed E-state index contributed by atoms with van der Waals surface area (Å²) in [5, 5.41) is 20.8. The van der Waals surface area contributed by atoms with E-state index < -0.39 is 0 Å². The average molecular weight is 217 g/mol. The first-order chi connectivity index (χ1) is 6.15. The predicted octanol–water partition coefficient (Wildman–Crippen LogP) is -2.50. The minimum Gasteiger partial charge on any atom is -1.00 e. The third-order valence-electron chi connectivity index (χ3n) is 1.63. The van der Waals surface area contributed by atoms with E-state index in [-0.39, 0.29) is 36.2 Å². The van der Waals surface area contributed by atoms with Crippen LogP contribution in [0.2, 0.25) is 0 Å². The highest BCUT2D eigenvalue weighted by Crippen LogP contribution is 2.24. The first-order valence-electron chi connectivity index (χ1n) is 3.85. The molecule has 78 valence electrons. The fourth-order valence-corrected chi connectivity index (χ4v) is 0.960. The molecule has 0 spiro atoms. The van der Waals surface area contributed by atoms with Crippen molar-refractivity contribution in [3.8, 4) is 11.5 Å². The second-order valence-electron chi connectivity index (χ2n) is 2.66. The second-order valence-corrected chi connectivity index (χ2v) is 2.66. The van der Waals surface area contributed by atoms with E-state index in [4.69, 9.17) is 10.2 Å². The number of hydrogen-bond acceptors (Lipinski definition) is 4. The van der Waals surface area contributed by atoms with Crippen LogP contribution in [-0.2, 0) is 0 Å². The number of rotatable bonds is 3. The molecular weight excluding hydrogens is 206 g/mol. The van der Waals surface area contributed by atoms with E-state index in [2.05, 4.69) is 5.32 Å². The molecule has 0 radical (unpaired) electrons. The average Bonchev–Trinajstić information content (AvgIpc) is 2.10. The zero-order chi connectivity index (χ0) is 9.84. The zero-order valence-corrected chi connectivity index (χ0v) is 8.38. The molecule has 0 bridgehead atoms. The number of halogens is 1. The monoisotopic (exact) mass is 216 g/mol. The lowest BCUT2D eigenvalue weighted by molar-refractivity contribution is -0.0000122. The van der Waals surface area contributed by atoms with Crippen LogP contribution in [0.5, 0.6) is 11.5 Å². The summed E-state index contributed by atoms with van der Waals surface area (Å²) in [6.07, 6.45) is 0. The molecule has 0 amide bonds. The van der Waals surface area contributed by atoms with Crippen molar-refractivity contribution in [2.75, 3.05) is 13.6 Å². The Morgan fingerprint density at radius 3 is 2.50 bits per heavy atom. The number of carbonyl (C=O) groups excluding carboxylic acids is 1. The summed E-state index contributed by atoms with van der Waals surface area (Å²) in [4.78, 5) is 11.3. The molecule has 0 unspecified atom stereocenters. The molecule has 1 rings (SSSR count). The molecule has 0 saturated carbocycles. The van der Waals surface area contributed by atoms with Crippen molar-refractivity contribution in [1.82, 2.24) is 5.32 Å². The van der Waals surface area contributed by atoms with Gasteiger partial charge in [0.15, 0.2) is 17.3 Å². The van der Waals surface area contributed by atoms with Crippen molar-refractivity contribution in [3.63, 3.8) is 0 Å². The fourth-order valence-electron chi connectivity index (χ4n) is 0.960. The fraction of sp³-hybridized carbons (Fsp3) is 0.222. The summed E-state index contributed by atoms with van der Waals surface area (Å²) < 4.78 is 0. The SMILES string of the molecule is CNCC(=O)c1ccc(O)c(O)c1.[Cl-]. The van der Waals surface area contributed by atoms with Gasteiger partial charge >= 0.3 is 0 Å². The lowest BCUT2D eigenvalue weighted by Crippen LogP contribution is -3.00. The van der Waals surface area contributed by atoms with Crippen LogP contribution in [0.4, 0.5) is 0 Å². The van der Waals surface area contributed by atoms with E-state index in [0.717, 1.165) is 0 Å². The lowest BCUT2D eigenvalue weighted by atomic mass is 10.1. The molecule has 0 aliphatic heterocycles.